The van der Waals surface area contributed by atoms with Crippen molar-refractivity contribution in [3.63, 3.8) is 0 Å². The first-order valence-electron chi connectivity index (χ1n) is 7.70. The fraction of sp³-hybridized carbons (Fsp3) is 0.353. The lowest BCUT2D eigenvalue weighted by Gasteiger charge is -2.09. The van der Waals surface area contributed by atoms with Gasteiger partial charge in [0.1, 0.15) is 12.3 Å². The molecule has 1 amide bonds. The lowest BCUT2D eigenvalue weighted by atomic mass is 10.1. The molecule has 0 radical (unpaired) electrons. The van der Waals surface area contributed by atoms with E-state index < -0.39 is 11.9 Å². The summed E-state index contributed by atoms with van der Waals surface area (Å²) in [5.41, 5.74) is 1.67. The van der Waals surface area contributed by atoms with Gasteiger partial charge >= 0.3 is 10.8 Å². The molecule has 7 nitrogen and oxygen atoms in total. The molecule has 0 fully saturated rings. The van der Waals surface area contributed by atoms with Crippen LogP contribution < -0.4 is 14.9 Å². The Labute approximate surface area is 149 Å². The Morgan fingerprint density at radius 1 is 1.28 bits per heavy atom. The fourth-order valence-electron chi connectivity index (χ4n) is 2.21. The number of nitrogens with one attached hydrogen (secondary N) is 1. The van der Waals surface area contributed by atoms with Crippen molar-refractivity contribution in [1.29, 1.82) is 0 Å². The molecule has 1 aromatic carbocycles. The van der Waals surface area contributed by atoms with Crippen LogP contribution >= 0.6 is 11.3 Å². The molecular formula is C17H20N2O5S. The van der Waals surface area contributed by atoms with E-state index in [2.05, 4.69) is 5.32 Å². The molecule has 0 atom stereocenters. The minimum atomic E-state index is -0.622. The van der Waals surface area contributed by atoms with Gasteiger partial charge in [0.25, 0.3) is 5.91 Å². The number of para-hydroxylation sites is 1. The topological polar surface area (TPSA) is 86.6 Å². The molecule has 0 saturated heterocycles. The smallest absolute Gasteiger partial charge is 0.326 e. The number of carbonyl (C=O) groups is 2. The van der Waals surface area contributed by atoms with Crippen LogP contribution in [0.1, 0.15) is 11.3 Å². The quantitative estimate of drug-likeness (QED) is 0.710. The van der Waals surface area contributed by atoms with Crippen LogP contribution in [0.5, 0.6) is 5.75 Å². The Hall–Kier alpha value is -2.61. The minimum absolute atomic E-state index is 0.192. The van der Waals surface area contributed by atoms with Crippen molar-refractivity contribution in [2.45, 2.75) is 19.9 Å². The van der Waals surface area contributed by atoms with Crippen LogP contribution in [0.15, 0.2) is 34.4 Å². The number of aromatic nitrogens is 1. The van der Waals surface area contributed by atoms with E-state index in [0.717, 1.165) is 22.6 Å². The number of esters is 1. The molecule has 0 aliphatic rings. The third-order valence-electron chi connectivity index (χ3n) is 3.54. The van der Waals surface area contributed by atoms with Crippen LogP contribution in [0.2, 0.25) is 0 Å². The van der Waals surface area contributed by atoms with Crippen molar-refractivity contribution in [3.05, 3.63) is 50.6 Å². The molecule has 2 rings (SSSR count). The molecule has 0 aliphatic carbocycles. The van der Waals surface area contributed by atoms with Gasteiger partial charge in [0.2, 0.25) is 0 Å². The van der Waals surface area contributed by atoms with Gasteiger partial charge in [0.15, 0.2) is 6.61 Å². The van der Waals surface area contributed by atoms with Gasteiger partial charge in [-0.25, -0.2) is 0 Å². The van der Waals surface area contributed by atoms with Gasteiger partial charge in [-0.15, -0.1) is 0 Å². The average molecular weight is 364 g/mol. The molecule has 0 unspecified atom stereocenters. The van der Waals surface area contributed by atoms with Crippen molar-refractivity contribution in [3.8, 4) is 5.75 Å². The number of hydrogen-bond donors (Lipinski definition) is 1. The van der Waals surface area contributed by atoms with Gasteiger partial charge in [-0.1, -0.05) is 29.5 Å². The highest BCUT2D eigenvalue weighted by molar-refractivity contribution is 7.07. The van der Waals surface area contributed by atoms with E-state index in [0.29, 0.717) is 18.7 Å². The molecule has 25 heavy (non-hydrogen) atoms. The molecule has 134 valence electrons. The molecular weight excluding hydrogens is 344 g/mol. The van der Waals surface area contributed by atoms with Crippen LogP contribution in [-0.2, 0) is 27.3 Å². The van der Waals surface area contributed by atoms with Crippen LogP contribution in [0.4, 0.5) is 0 Å². The molecule has 0 bridgehead atoms. The van der Waals surface area contributed by atoms with Crippen molar-refractivity contribution < 1.29 is 19.1 Å². The monoisotopic (exact) mass is 364 g/mol. The number of nitrogens with zero attached hydrogens (tertiary/aromatic N) is 1. The van der Waals surface area contributed by atoms with Crippen LogP contribution in [0, 0.1) is 6.92 Å². The Morgan fingerprint density at radius 2 is 2.04 bits per heavy atom. The molecule has 1 aromatic heterocycles. The van der Waals surface area contributed by atoms with Gasteiger partial charge in [-0.05, 0) is 25.0 Å². The zero-order valence-corrected chi connectivity index (χ0v) is 14.9. The van der Waals surface area contributed by atoms with Crippen LogP contribution in [0.25, 0.3) is 0 Å². The highest BCUT2D eigenvalue weighted by Gasteiger charge is 2.11. The number of benzene rings is 1. The number of methoxy groups -OCH3 is 1. The summed E-state index contributed by atoms with van der Waals surface area (Å²) in [5.74, 6) is -0.249. The first-order valence-corrected chi connectivity index (χ1v) is 8.58. The molecule has 1 N–H and O–H groups in total. The van der Waals surface area contributed by atoms with Crippen molar-refractivity contribution in [1.82, 2.24) is 9.88 Å². The Bertz CT molecular complexity index is 796. The number of rotatable bonds is 8. The van der Waals surface area contributed by atoms with Gasteiger partial charge in [0.05, 0.1) is 7.11 Å². The number of ether oxygens (including phenoxy) is 2. The van der Waals surface area contributed by atoms with Gasteiger partial charge in [-0.2, -0.15) is 0 Å². The molecule has 0 aliphatic heterocycles. The van der Waals surface area contributed by atoms with Gasteiger partial charge < -0.3 is 14.8 Å². The van der Waals surface area contributed by atoms with E-state index in [1.165, 1.54) is 4.57 Å². The summed E-state index contributed by atoms with van der Waals surface area (Å²) in [6.07, 6.45) is 0.604. The lowest BCUT2D eigenvalue weighted by molar-refractivity contribution is -0.149. The third-order valence-corrected chi connectivity index (χ3v) is 4.42. The third kappa shape index (κ3) is 5.46. The Morgan fingerprint density at radius 3 is 2.72 bits per heavy atom. The predicted octanol–water partition coefficient (Wildman–Crippen LogP) is 1.13. The van der Waals surface area contributed by atoms with Crippen LogP contribution in [-0.4, -0.2) is 36.7 Å². The molecule has 0 spiro atoms. The van der Waals surface area contributed by atoms with E-state index >= 15 is 0 Å². The molecule has 8 heteroatoms. The minimum Gasteiger partial charge on any atom is -0.496 e. The maximum Gasteiger partial charge on any atom is 0.326 e. The van der Waals surface area contributed by atoms with Crippen molar-refractivity contribution in [2.75, 3.05) is 20.3 Å². The number of thiazole rings is 1. The summed E-state index contributed by atoms with van der Waals surface area (Å²) >= 11 is 1.02. The number of hydrogen-bond acceptors (Lipinski definition) is 6. The van der Waals surface area contributed by atoms with E-state index in [1.54, 1.807) is 19.4 Å². The lowest BCUT2D eigenvalue weighted by Crippen LogP contribution is -2.31. The van der Waals surface area contributed by atoms with E-state index in [1.807, 2.05) is 24.3 Å². The van der Waals surface area contributed by atoms with E-state index in [9.17, 15) is 14.4 Å². The first kappa shape index (κ1) is 18.7. The summed E-state index contributed by atoms with van der Waals surface area (Å²) in [7, 11) is 1.59. The highest BCUT2D eigenvalue weighted by atomic mass is 32.1. The largest absolute Gasteiger partial charge is 0.496 e. The SMILES string of the molecule is COc1ccccc1CCNC(=O)COC(=O)Cn1c(C)csc1=O. The second kappa shape index (κ2) is 9.03. The fourth-order valence-corrected chi connectivity index (χ4v) is 2.95. The van der Waals surface area contributed by atoms with E-state index in [-0.39, 0.29) is 18.0 Å². The number of carbonyl (C=O) groups excluding carboxylic acids is 2. The van der Waals surface area contributed by atoms with Crippen LogP contribution in [0.3, 0.4) is 0 Å². The zero-order chi connectivity index (χ0) is 18.2. The van der Waals surface area contributed by atoms with Gasteiger partial charge in [-0.3, -0.25) is 19.0 Å². The standard InChI is InChI=1S/C17H20N2O5S/c1-12-11-25-17(22)19(12)9-16(21)24-10-15(20)18-8-7-13-5-3-4-6-14(13)23-2/h3-6,11H,7-10H2,1-2H3,(H,18,20). The summed E-state index contributed by atoms with van der Waals surface area (Å²) in [5, 5.41) is 4.35. The summed E-state index contributed by atoms with van der Waals surface area (Å²) in [4.78, 5) is 34.8. The molecule has 1 heterocycles. The van der Waals surface area contributed by atoms with E-state index in [4.69, 9.17) is 9.47 Å². The summed E-state index contributed by atoms with van der Waals surface area (Å²) in [6, 6.07) is 7.55. The second-order valence-electron chi connectivity index (χ2n) is 5.30. The maximum absolute atomic E-state index is 11.7. The number of aryl methyl sites for hydroxylation is 1. The highest BCUT2D eigenvalue weighted by Crippen LogP contribution is 2.17. The summed E-state index contributed by atoms with van der Waals surface area (Å²) in [6.45, 7) is 1.57. The Kier molecular flexibility index (Phi) is 6.76. The number of amides is 1. The molecule has 2 aromatic rings. The Balaban J connectivity index is 1.72. The average Bonchev–Trinajstić information content (AvgIpc) is 2.92. The predicted molar refractivity (Wildman–Crippen MR) is 94.0 cm³/mol. The second-order valence-corrected chi connectivity index (χ2v) is 6.12. The molecule has 0 saturated carbocycles. The first-order chi connectivity index (χ1) is 12.0. The maximum atomic E-state index is 11.7. The van der Waals surface area contributed by atoms with Crippen molar-refractivity contribution in [2.24, 2.45) is 0 Å². The van der Waals surface area contributed by atoms with Crippen molar-refractivity contribution >= 4 is 23.2 Å². The normalized spacial score (nSPS) is 10.3. The zero-order valence-electron chi connectivity index (χ0n) is 14.1. The summed E-state index contributed by atoms with van der Waals surface area (Å²) < 4.78 is 11.5. The van der Waals surface area contributed by atoms with Gasteiger partial charge in [0, 0.05) is 17.6 Å².